The van der Waals surface area contributed by atoms with E-state index >= 15 is 0 Å². The van der Waals surface area contributed by atoms with Crippen LogP contribution in [-0.2, 0) is 0 Å². The van der Waals surface area contributed by atoms with Crippen molar-refractivity contribution in [2.45, 2.75) is 52.2 Å². The fourth-order valence-corrected chi connectivity index (χ4v) is 2.99. The third kappa shape index (κ3) is 3.49. The highest BCUT2D eigenvalue weighted by molar-refractivity contribution is 5.28. The third-order valence-electron chi connectivity index (χ3n) is 3.80. The van der Waals surface area contributed by atoms with Crippen molar-refractivity contribution in [3.8, 4) is 5.75 Å². The van der Waals surface area contributed by atoms with Gasteiger partial charge in [0, 0.05) is 0 Å². The predicted octanol–water partition coefficient (Wildman–Crippen LogP) is 3.94. The van der Waals surface area contributed by atoms with E-state index in [0.717, 1.165) is 36.0 Å². The van der Waals surface area contributed by atoms with Crippen LogP contribution in [0.1, 0.15) is 51.7 Å². The summed E-state index contributed by atoms with van der Waals surface area (Å²) in [6.45, 7) is 6.39. The zero-order valence-electron chi connectivity index (χ0n) is 11.6. The standard InChI is InChI=1S/C16H24O2/c1-11-8-12(2)10-16(9-11)18-15-6-4-14(5-7-15)13(3)17/h4-7,11-13,16-17H,8-10H2,1-3H3. The van der Waals surface area contributed by atoms with E-state index in [9.17, 15) is 5.11 Å². The molecule has 1 aliphatic carbocycles. The first-order chi connectivity index (χ1) is 8.54. The van der Waals surface area contributed by atoms with Crippen LogP contribution in [0.15, 0.2) is 24.3 Å². The third-order valence-corrected chi connectivity index (χ3v) is 3.80. The second-order valence-electron chi connectivity index (χ2n) is 5.90. The van der Waals surface area contributed by atoms with Gasteiger partial charge in [-0.15, -0.1) is 0 Å². The van der Waals surface area contributed by atoms with Crippen LogP contribution in [0.5, 0.6) is 5.75 Å². The first-order valence-corrected chi connectivity index (χ1v) is 6.99. The molecule has 2 rings (SSSR count). The fourth-order valence-electron chi connectivity index (χ4n) is 2.99. The van der Waals surface area contributed by atoms with Gasteiger partial charge in [-0.25, -0.2) is 0 Å². The minimum Gasteiger partial charge on any atom is -0.490 e. The average Bonchev–Trinajstić information content (AvgIpc) is 2.28. The Morgan fingerprint density at radius 1 is 1.06 bits per heavy atom. The molecule has 0 amide bonds. The molecule has 0 spiro atoms. The van der Waals surface area contributed by atoms with Crippen LogP contribution in [-0.4, -0.2) is 11.2 Å². The van der Waals surface area contributed by atoms with Crippen molar-refractivity contribution in [2.75, 3.05) is 0 Å². The summed E-state index contributed by atoms with van der Waals surface area (Å²) in [7, 11) is 0. The normalized spacial score (nSPS) is 29.9. The zero-order valence-corrected chi connectivity index (χ0v) is 11.6. The van der Waals surface area contributed by atoms with Gasteiger partial charge in [-0.3, -0.25) is 0 Å². The smallest absolute Gasteiger partial charge is 0.119 e. The molecule has 0 bridgehead atoms. The van der Waals surface area contributed by atoms with Gasteiger partial charge in [0.25, 0.3) is 0 Å². The maximum absolute atomic E-state index is 9.46. The summed E-state index contributed by atoms with van der Waals surface area (Å²) < 4.78 is 6.05. The van der Waals surface area contributed by atoms with Crippen molar-refractivity contribution in [1.82, 2.24) is 0 Å². The molecule has 18 heavy (non-hydrogen) atoms. The van der Waals surface area contributed by atoms with Gasteiger partial charge in [-0.2, -0.15) is 0 Å². The van der Waals surface area contributed by atoms with E-state index in [4.69, 9.17) is 4.74 Å². The molecule has 3 atom stereocenters. The SMILES string of the molecule is CC1CC(C)CC(Oc2ccc(C(C)O)cc2)C1. The molecular weight excluding hydrogens is 224 g/mol. The Kier molecular flexibility index (Phi) is 4.28. The van der Waals surface area contributed by atoms with Crippen LogP contribution in [0.3, 0.4) is 0 Å². The highest BCUT2D eigenvalue weighted by atomic mass is 16.5. The van der Waals surface area contributed by atoms with Crippen LogP contribution < -0.4 is 4.74 Å². The van der Waals surface area contributed by atoms with Crippen LogP contribution in [0, 0.1) is 11.8 Å². The molecule has 1 aromatic rings. The van der Waals surface area contributed by atoms with E-state index in [1.165, 1.54) is 6.42 Å². The lowest BCUT2D eigenvalue weighted by Crippen LogP contribution is -2.28. The molecular formula is C16H24O2. The average molecular weight is 248 g/mol. The summed E-state index contributed by atoms with van der Waals surface area (Å²) in [5.41, 5.74) is 0.938. The van der Waals surface area contributed by atoms with E-state index < -0.39 is 6.10 Å². The second-order valence-corrected chi connectivity index (χ2v) is 5.90. The summed E-state index contributed by atoms with van der Waals surface area (Å²) in [5, 5.41) is 9.46. The Morgan fingerprint density at radius 2 is 1.61 bits per heavy atom. The van der Waals surface area contributed by atoms with Gasteiger partial charge >= 0.3 is 0 Å². The Hall–Kier alpha value is -1.02. The largest absolute Gasteiger partial charge is 0.490 e. The van der Waals surface area contributed by atoms with Crippen LogP contribution >= 0.6 is 0 Å². The number of hydrogen-bond donors (Lipinski definition) is 1. The Balaban J connectivity index is 1.96. The summed E-state index contributed by atoms with van der Waals surface area (Å²) in [6.07, 6.45) is 3.57. The van der Waals surface area contributed by atoms with Gasteiger partial charge in [-0.1, -0.05) is 26.0 Å². The maximum Gasteiger partial charge on any atom is 0.119 e. The summed E-state index contributed by atoms with van der Waals surface area (Å²) in [4.78, 5) is 0. The fraction of sp³-hybridized carbons (Fsp3) is 0.625. The van der Waals surface area contributed by atoms with E-state index in [2.05, 4.69) is 13.8 Å². The molecule has 1 N–H and O–H groups in total. The minimum absolute atomic E-state index is 0.348. The molecule has 1 aromatic carbocycles. The number of aliphatic hydroxyl groups excluding tert-OH is 1. The molecule has 2 nitrogen and oxygen atoms in total. The molecule has 2 heteroatoms. The van der Waals surface area contributed by atoms with Gasteiger partial charge in [-0.05, 0) is 55.7 Å². The number of aliphatic hydroxyl groups is 1. The Labute approximate surface area is 110 Å². The van der Waals surface area contributed by atoms with Crippen molar-refractivity contribution in [2.24, 2.45) is 11.8 Å². The first kappa shape index (κ1) is 13.4. The number of ether oxygens (including phenoxy) is 1. The van der Waals surface area contributed by atoms with Crippen molar-refractivity contribution in [1.29, 1.82) is 0 Å². The monoisotopic (exact) mass is 248 g/mol. The molecule has 100 valence electrons. The van der Waals surface area contributed by atoms with Crippen molar-refractivity contribution in [3.63, 3.8) is 0 Å². The summed E-state index contributed by atoms with van der Waals surface area (Å²) in [5.74, 6) is 2.44. The van der Waals surface area contributed by atoms with Gasteiger partial charge < -0.3 is 9.84 Å². The minimum atomic E-state index is -0.409. The molecule has 3 unspecified atom stereocenters. The van der Waals surface area contributed by atoms with E-state index in [1.54, 1.807) is 6.92 Å². The topological polar surface area (TPSA) is 29.5 Å². The number of hydrogen-bond acceptors (Lipinski definition) is 2. The zero-order chi connectivity index (χ0) is 13.1. The van der Waals surface area contributed by atoms with Gasteiger partial charge in [0.05, 0.1) is 12.2 Å². The van der Waals surface area contributed by atoms with E-state index in [-0.39, 0.29) is 0 Å². The van der Waals surface area contributed by atoms with Gasteiger partial charge in [0.15, 0.2) is 0 Å². The molecule has 0 heterocycles. The first-order valence-electron chi connectivity index (χ1n) is 6.99. The van der Waals surface area contributed by atoms with Crippen LogP contribution in [0.2, 0.25) is 0 Å². The Morgan fingerprint density at radius 3 is 2.11 bits per heavy atom. The highest BCUT2D eigenvalue weighted by Gasteiger charge is 2.25. The van der Waals surface area contributed by atoms with E-state index in [0.29, 0.717) is 6.10 Å². The van der Waals surface area contributed by atoms with Gasteiger partial charge in [0.1, 0.15) is 5.75 Å². The highest BCUT2D eigenvalue weighted by Crippen LogP contribution is 2.31. The number of benzene rings is 1. The molecule has 1 aliphatic rings. The molecule has 0 aromatic heterocycles. The second kappa shape index (κ2) is 5.75. The van der Waals surface area contributed by atoms with Crippen LogP contribution in [0.25, 0.3) is 0 Å². The molecule has 0 saturated heterocycles. The lowest BCUT2D eigenvalue weighted by atomic mass is 9.82. The molecule has 0 radical (unpaired) electrons. The van der Waals surface area contributed by atoms with Gasteiger partial charge in [0.2, 0.25) is 0 Å². The van der Waals surface area contributed by atoms with Crippen molar-refractivity contribution >= 4 is 0 Å². The Bertz CT molecular complexity index is 359. The lowest BCUT2D eigenvalue weighted by molar-refractivity contribution is 0.101. The molecule has 1 fully saturated rings. The molecule has 1 saturated carbocycles. The molecule has 0 aliphatic heterocycles. The predicted molar refractivity (Wildman–Crippen MR) is 73.7 cm³/mol. The van der Waals surface area contributed by atoms with Crippen molar-refractivity contribution in [3.05, 3.63) is 29.8 Å². The van der Waals surface area contributed by atoms with Crippen LogP contribution in [0.4, 0.5) is 0 Å². The lowest BCUT2D eigenvalue weighted by Gasteiger charge is -2.31. The summed E-state index contributed by atoms with van der Waals surface area (Å²) in [6, 6.07) is 7.81. The van der Waals surface area contributed by atoms with E-state index in [1.807, 2.05) is 24.3 Å². The number of rotatable bonds is 3. The quantitative estimate of drug-likeness (QED) is 0.877. The van der Waals surface area contributed by atoms with Crippen molar-refractivity contribution < 1.29 is 9.84 Å². The summed E-state index contributed by atoms with van der Waals surface area (Å²) >= 11 is 0. The maximum atomic E-state index is 9.46.